The largest absolute Gasteiger partial charge is 0.507 e. The Bertz CT molecular complexity index is 649. The second-order valence-corrected chi connectivity index (χ2v) is 7.24. The van der Waals surface area contributed by atoms with Gasteiger partial charge in [0.1, 0.15) is 11.5 Å². The summed E-state index contributed by atoms with van der Waals surface area (Å²) in [5.74, 6) is 1.06. The van der Waals surface area contributed by atoms with Gasteiger partial charge in [0.05, 0.1) is 12.2 Å². The van der Waals surface area contributed by atoms with E-state index in [1.165, 1.54) is 6.07 Å². The van der Waals surface area contributed by atoms with Gasteiger partial charge in [-0.3, -0.25) is 4.79 Å². The summed E-state index contributed by atoms with van der Waals surface area (Å²) in [6, 6.07) is 14.7. The van der Waals surface area contributed by atoms with Crippen molar-refractivity contribution >= 4 is 28.2 Å². The van der Waals surface area contributed by atoms with Gasteiger partial charge in [-0.15, -0.1) is 0 Å². The molecule has 0 amide bonds. The first-order chi connectivity index (χ1) is 11.7. The average molecular weight is 363 g/mol. The van der Waals surface area contributed by atoms with Crippen LogP contribution in [0.1, 0.15) is 22.3 Å². The molecule has 24 heavy (non-hydrogen) atoms. The summed E-state index contributed by atoms with van der Waals surface area (Å²) in [5, 5.41) is 10.1. The maximum absolute atomic E-state index is 12.3. The van der Waals surface area contributed by atoms with Gasteiger partial charge in [0, 0.05) is 24.0 Å². The highest BCUT2D eigenvalue weighted by Gasteiger charge is 2.13. The monoisotopic (exact) mass is 362 g/mol. The summed E-state index contributed by atoms with van der Waals surface area (Å²) < 4.78 is 11.1. The lowest BCUT2D eigenvalue weighted by molar-refractivity contribution is 0.103. The van der Waals surface area contributed by atoms with Crippen LogP contribution in [0, 0.1) is 0 Å². The van der Waals surface area contributed by atoms with Crippen LogP contribution >= 0.6 is 12.6 Å². The molecule has 0 fully saturated rings. The summed E-state index contributed by atoms with van der Waals surface area (Å²) in [6.07, 6.45) is 0.921. The average Bonchev–Trinajstić information content (AvgIpc) is 2.61. The van der Waals surface area contributed by atoms with E-state index >= 15 is 0 Å². The molecule has 0 saturated heterocycles. The second-order valence-electron chi connectivity index (χ2n) is 5.27. The lowest BCUT2D eigenvalue weighted by atomic mass is 10.0. The van der Waals surface area contributed by atoms with Gasteiger partial charge in [-0.25, -0.2) is 0 Å². The number of carbonyl (C=O) groups is 1. The number of ether oxygens (including phenoxy) is 1. The van der Waals surface area contributed by atoms with Crippen LogP contribution in [0.15, 0.2) is 48.5 Å². The van der Waals surface area contributed by atoms with Crippen LogP contribution < -0.4 is 4.74 Å². The van der Waals surface area contributed by atoms with Crippen molar-refractivity contribution in [2.24, 2.45) is 0 Å². The number of hydrogen-bond acceptors (Lipinski definition) is 5. The fraction of sp³-hybridized carbons (Fsp3) is 0.278. The molecule has 0 atom stereocenters. The van der Waals surface area contributed by atoms with E-state index < -0.39 is 9.76 Å². The SMILES string of the molecule is O=C(c1ccccc1)c1ccc(OCCC[SiH2]OCCS)cc1O. The van der Waals surface area contributed by atoms with Crippen molar-refractivity contribution in [1.29, 1.82) is 0 Å². The van der Waals surface area contributed by atoms with Crippen molar-refractivity contribution in [3.8, 4) is 11.5 Å². The molecule has 4 nitrogen and oxygen atoms in total. The Balaban J connectivity index is 1.85. The highest BCUT2D eigenvalue weighted by molar-refractivity contribution is 7.80. The van der Waals surface area contributed by atoms with E-state index in [4.69, 9.17) is 9.16 Å². The smallest absolute Gasteiger partial charge is 0.196 e. The number of carbonyl (C=O) groups excluding carboxylic acids is 1. The molecule has 1 N–H and O–H groups in total. The van der Waals surface area contributed by atoms with Crippen molar-refractivity contribution in [3.05, 3.63) is 59.7 Å². The number of ketones is 1. The van der Waals surface area contributed by atoms with E-state index in [-0.39, 0.29) is 17.1 Å². The van der Waals surface area contributed by atoms with Gasteiger partial charge in [0.15, 0.2) is 15.5 Å². The van der Waals surface area contributed by atoms with Crippen LogP contribution in [0.5, 0.6) is 11.5 Å². The highest BCUT2D eigenvalue weighted by atomic mass is 32.1. The minimum Gasteiger partial charge on any atom is -0.507 e. The molecular weight excluding hydrogens is 340 g/mol. The van der Waals surface area contributed by atoms with Crippen molar-refractivity contribution < 1.29 is 19.1 Å². The Morgan fingerprint density at radius 1 is 1.12 bits per heavy atom. The Morgan fingerprint density at radius 2 is 1.92 bits per heavy atom. The molecule has 0 aliphatic heterocycles. The van der Waals surface area contributed by atoms with Gasteiger partial charge in [-0.1, -0.05) is 30.3 Å². The minimum atomic E-state index is -0.478. The number of aromatic hydroxyl groups is 1. The molecular formula is C18H22O4SSi. The molecule has 6 heteroatoms. The summed E-state index contributed by atoms with van der Waals surface area (Å²) in [6.45, 7) is 1.30. The number of rotatable bonds is 10. The fourth-order valence-corrected chi connectivity index (χ4v) is 3.53. The maximum atomic E-state index is 12.3. The summed E-state index contributed by atoms with van der Waals surface area (Å²) in [5.41, 5.74) is 0.828. The third-order valence-electron chi connectivity index (χ3n) is 3.44. The van der Waals surface area contributed by atoms with Crippen LogP contribution in [-0.2, 0) is 4.43 Å². The van der Waals surface area contributed by atoms with Gasteiger partial charge in [0.2, 0.25) is 0 Å². The van der Waals surface area contributed by atoms with Gasteiger partial charge < -0.3 is 14.3 Å². The Labute approximate surface area is 150 Å². The molecule has 2 aromatic rings. The van der Waals surface area contributed by atoms with E-state index in [9.17, 15) is 9.90 Å². The topological polar surface area (TPSA) is 55.8 Å². The van der Waals surface area contributed by atoms with Crippen LogP contribution in [0.3, 0.4) is 0 Å². The summed E-state index contributed by atoms with van der Waals surface area (Å²) in [7, 11) is -0.478. The van der Waals surface area contributed by atoms with Crippen molar-refractivity contribution in [2.75, 3.05) is 19.0 Å². The zero-order valence-electron chi connectivity index (χ0n) is 13.5. The normalized spacial score (nSPS) is 11.0. The molecule has 0 aliphatic carbocycles. The van der Waals surface area contributed by atoms with Crippen LogP contribution in [0.2, 0.25) is 6.04 Å². The number of hydrogen-bond donors (Lipinski definition) is 2. The quantitative estimate of drug-likeness (QED) is 0.295. The molecule has 0 radical (unpaired) electrons. The lowest BCUT2D eigenvalue weighted by Gasteiger charge is -2.09. The van der Waals surface area contributed by atoms with Crippen LogP contribution in [0.25, 0.3) is 0 Å². The molecule has 0 aliphatic rings. The lowest BCUT2D eigenvalue weighted by Crippen LogP contribution is -2.05. The van der Waals surface area contributed by atoms with Crippen LogP contribution in [-0.4, -0.2) is 39.6 Å². The van der Waals surface area contributed by atoms with Crippen molar-refractivity contribution in [1.82, 2.24) is 0 Å². The summed E-state index contributed by atoms with van der Waals surface area (Å²) in [4.78, 5) is 12.3. The van der Waals surface area contributed by atoms with E-state index in [0.717, 1.165) is 24.8 Å². The number of phenolic OH excluding ortho intramolecular Hbond substituents is 1. The van der Waals surface area contributed by atoms with E-state index in [1.807, 2.05) is 6.07 Å². The first-order valence-corrected chi connectivity index (χ1v) is 10.2. The molecule has 2 rings (SSSR count). The fourth-order valence-electron chi connectivity index (χ4n) is 2.20. The van der Waals surface area contributed by atoms with Gasteiger partial charge in [0.25, 0.3) is 0 Å². The zero-order valence-corrected chi connectivity index (χ0v) is 15.8. The standard InChI is InChI=1S/C18H22O4SSi/c19-17-13-15(21-9-4-12-24-22-10-11-23)7-8-16(17)18(20)14-5-2-1-3-6-14/h1-3,5-8,13,19,23H,4,9-12,24H2. The molecule has 0 saturated carbocycles. The van der Waals surface area contributed by atoms with Gasteiger partial charge in [-0.05, 0) is 24.6 Å². The highest BCUT2D eigenvalue weighted by Crippen LogP contribution is 2.26. The molecule has 0 heterocycles. The van der Waals surface area contributed by atoms with Crippen molar-refractivity contribution in [2.45, 2.75) is 12.5 Å². The number of thiol groups is 1. The number of phenols is 1. The molecule has 0 bridgehead atoms. The zero-order chi connectivity index (χ0) is 17.2. The Kier molecular flexibility index (Phi) is 7.87. The van der Waals surface area contributed by atoms with E-state index in [2.05, 4.69) is 12.6 Å². The van der Waals surface area contributed by atoms with Crippen LogP contribution in [0.4, 0.5) is 0 Å². The molecule has 0 aromatic heterocycles. The maximum Gasteiger partial charge on any atom is 0.196 e. The van der Waals surface area contributed by atoms with E-state index in [0.29, 0.717) is 17.9 Å². The third-order valence-corrected chi connectivity index (χ3v) is 4.99. The molecule has 0 unspecified atom stereocenters. The Hall–Kier alpha value is -1.76. The first-order valence-electron chi connectivity index (χ1n) is 7.96. The minimum absolute atomic E-state index is 0.0622. The van der Waals surface area contributed by atoms with Crippen molar-refractivity contribution in [3.63, 3.8) is 0 Å². The van der Waals surface area contributed by atoms with Gasteiger partial charge in [-0.2, -0.15) is 12.6 Å². The second kappa shape index (κ2) is 10.2. The van der Waals surface area contributed by atoms with E-state index in [1.54, 1.807) is 36.4 Å². The van der Waals surface area contributed by atoms with Gasteiger partial charge >= 0.3 is 0 Å². The molecule has 2 aromatic carbocycles. The predicted molar refractivity (Wildman–Crippen MR) is 101 cm³/mol. The third kappa shape index (κ3) is 5.70. The number of benzene rings is 2. The molecule has 0 spiro atoms. The summed E-state index contributed by atoms with van der Waals surface area (Å²) >= 11 is 4.09. The predicted octanol–water partition coefficient (Wildman–Crippen LogP) is 2.84. The Morgan fingerprint density at radius 3 is 2.62 bits per heavy atom. The first kappa shape index (κ1) is 18.6. The molecule has 128 valence electrons.